The number of halogens is 1. The Morgan fingerprint density at radius 1 is 1.53 bits per heavy atom. The summed E-state index contributed by atoms with van der Waals surface area (Å²) < 4.78 is 0. The van der Waals surface area contributed by atoms with Gasteiger partial charge >= 0.3 is 5.97 Å². The van der Waals surface area contributed by atoms with Crippen molar-refractivity contribution in [3.05, 3.63) is 34.9 Å². The second kappa shape index (κ2) is 5.07. The molecule has 0 aliphatic carbocycles. The Labute approximate surface area is 106 Å². The topological polar surface area (TPSA) is 40.5 Å². The number of likely N-dealkylation sites (tertiary alicyclic amines) is 1. The van der Waals surface area contributed by atoms with Gasteiger partial charge in [-0.25, -0.2) is 0 Å². The minimum Gasteiger partial charge on any atom is -0.481 e. The van der Waals surface area contributed by atoms with Gasteiger partial charge in [0.1, 0.15) is 0 Å². The molecule has 1 aliphatic heterocycles. The molecule has 2 rings (SSSR count). The molecule has 92 valence electrons. The van der Waals surface area contributed by atoms with Crippen molar-refractivity contribution in [2.24, 2.45) is 5.92 Å². The van der Waals surface area contributed by atoms with E-state index in [9.17, 15) is 9.90 Å². The summed E-state index contributed by atoms with van der Waals surface area (Å²) in [6.07, 6.45) is 0.697. The summed E-state index contributed by atoms with van der Waals surface area (Å²) in [5, 5.41) is 9.94. The maximum Gasteiger partial charge on any atom is 0.307 e. The zero-order valence-corrected chi connectivity index (χ0v) is 10.5. The van der Waals surface area contributed by atoms with E-state index in [0.717, 1.165) is 18.7 Å². The fourth-order valence-electron chi connectivity index (χ4n) is 2.49. The van der Waals surface area contributed by atoms with Gasteiger partial charge in [0.2, 0.25) is 0 Å². The minimum absolute atomic E-state index is 0.0324. The number of carboxylic acid groups (broad SMARTS) is 1. The molecule has 2 unspecified atom stereocenters. The molecule has 0 radical (unpaired) electrons. The minimum atomic E-state index is -0.705. The monoisotopic (exact) mass is 253 g/mol. The number of likely N-dealkylation sites (N-methyl/N-ethyl adjacent to an activating group) is 1. The van der Waals surface area contributed by atoms with E-state index < -0.39 is 5.97 Å². The summed E-state index contributed by atoms with van der Waals surface area (Å²) in [5.41, 5.74) is 1.02. The van der Waals surface area contributed by atoms with Crippen LogP contribution in [-0.4, -0.2) is 36.1 Å². The number of rotatable bonds is 2. The van der Waals surface area contributed by atoms with Crippen LogP contribution < -0.4 is 0 Å². The Hall–Kier alpha value is -1.06. The lowest BCUT2D eigenvalue weighted by molar-refractivity contribution is -0.144. The van der Waals surface area contributed by atoms with Crippen LogP contribution in [0.5, 0.6) is 0 Å². The molecule has 1 aliphatic rings. The number of hydrogen-bond acceptors (Lipinski definition) is 2. The SMILES string of the molecule is CN1CCC(C(=O)O)C(c2cccc(Cl)c2)C1. The van der Waals surface area contributed by atoms with E-state index in [-0.39, 0.29) is 11.8 Å². The first-order chi connectivity index (χ1) is 8.08. The molecule has 0 saturated carbocycles. The van der Waals surface area contributed by atoms with Crippen LogP contribution in [0, 0.1) is 5.92 Å². The first-order valence-corrected chi connectivity index (χ1v) is 6.12. The molecule has 0 bridgehead atoms. The highest BCUT2D eigenvalue weighted by molar-refractivity contribution is 6.30. The van der Waals surface area contributed by atoms with Crippen molar-refractivity contribution in [2.75, 3.05) is 20.1 Å². The number of carboxylic acids is 1. The highest BCUT2D eigenvalue weighted by atomic mass is 35.5. The molecule has 1 N–H and O–H groups in total. The highest BCUT2D eigenvalue weighted by Gasteiger charge is 2.33. The van der Waals surface area contributed by atoms with Gasteiger partial charge in [-0.05, 0) is 37.7 Å². The maximum atomic E-state index is 11.3. The molecule has 1 saturated heterocycles. The summed E-state index contributed by atoms with van der Waals surface area (Å²) >= 11 is 5.97. The van der Waals surface area contributed by atoms with Gasteiger partial charge in [0.05, 0.1) is 5.92 Å². The fourth-order valence-corrected chi connectivity index (χ4v) is 2.68. The van der Waals surface area contributed by atoms with Crippen LogP contribution in [0.15, 0.2) is 24.3 Å². The number of carbonyl (C=O) groups is 1. The van der Waals surface area contributed by atoms with E-state index in [2.05, 4.69) is 4.90 Å². The van der Waals surface area contributed by atoms with E-state index in [1.807, 2.05) is 31.3 Å². The van der Waals surface area contributed by atoms with E-state index in [0.29, 0.717) is 11.4 Å². The lowest BCUT2D eigenvalue weighted by atomic mass is 9.81. The first-order valence-electron chi connectivity index (χ1n) is 5.74. The molecular weight excluding hydrogens is 238 g/mol. The van der Waals surface area contributed by atoms with Gasteiger partial charge in [-0.15, -0.1) is 0 Å². The molecular formula is C13H16ClNO2. The third-order valence-corrected chi connectivity index (χ3v) is 3.65. The van der Waals surface area contributed by atoms with Crippen LogP contribution in [0.3, 0.4) is 0 Å². The Kier molecular flexibility index (Phi) is 3.69. The van der Waals surface area contributed by atoms with Gasteiger partial charge in [-0.1, -0.05) is 23.7 Å². The van der Waals surface area contributed by atoms with Crippen LogP contribution in [0.2, 0.25) is 5.02 Å². The van der Waals surface area contributed by atoms with Crippen molar-refractivity contribution >= 4 is 17.6 Å². The summed E-state index contributed by atoms with van der Waals surface area (Å²) in [6.45, 7) is 1.62. The zero-order chi connectivity index (χ0) is 12.4. The van der Waals surface area contributed by atoms with Crippen molar-refractivity contribution in [1.82, 2.24) is 4.90 Å². The molecule has 1 aromatic rings. The average Bonchev–Trinajstić information content (AvgIpc) is 2.28. The first kappa shape index (κ1) is 12.4. The van der Waals surface area contributed by atoms with Crippen LogP contribution in [-0.2, 0) is 4.79 Å². The van der Waals surface area contributed by atoms with Crippen LogP contribution >= 0.6 is 11.6 Å². The summed E-state index contributed by atoms with van der Waals surface area (Å²) in [4.78, 5) is 13.4. The Balaban J connectivity index is 2.28. The Morgan fingerprint density at radius 3 is 2.94 bits per heavy atom. The van der Waals surface area contributed by atoms with Crippen molar-refractivity contribution in [3.8, 4) is 0 Å². The standard InChI is InChI=1S/C13H16ClNO2/c1-15-6-5-11(13(16)17)12(8-15)9-3-2-4-10(14)7-9/h2-4,7,11-12H,5-6,8H2,1H3,(H,16,17). The predicted molar refractivity (Wildman–Crippen MR) is 67.4 cm³/mol. The number of aliphatic carboxylic acids is 1. The molecule has 0 aromatic heterocycles. The van der Waals surface area contributed by atoms with Crippen molar-refractivity contribution in [2.45, 2.75) is 12.3 Å². The highest BCUT2D eigenvalue weighted by Crippen LogP contribution is 2.33. The second-order valence-corrected chi connectivity index (χ2v) is 5.09. The molecule has 0 spiro atoms. The number of hydrogen-bond donors (Lipinski definition) is 1. The second-order valence-electron chi connectivity index (χ2n) is 4.66. The van der Waals surface area contributed by atoms with Crippen LogP contribution in [0.4, 0.5) is 0 Å². The van der Waals surface area contributed by atoms with Gasteiger partial charge < -0.3 is 10.0 Å². The molecule has 1 fully saturated rings. The largest absolute Gasteiger partial charge is 0.481 e. The van der Waals surface area contributed by atoms with Crippen LogP contribution in [0.25, 0.3) is 0 Å². The number of piperidine rings is 1. The quantitative estimate of drug-likeness (QED) is 0.880. The molecule has 4 heteroatoms. The molecule has 1 heterocycles. The molecule has 2 atom stereocenters. The predicted octanol–water partition coefficient (Wildman–Crippen LogP) is 2.46. The number of nitrogens with zero attached hydrogens (tertiary/aromatic N) is 1. The molecule has 0 amide bonds. The normalized spacial score (nSPS) is 25.8. The molecule has 1 aromatic carbocycles. The summed E-state index contributed by atoms with van der Waals surface area (Å²) in [7, 11) is 2.02. The van der Waals surface area contributed by atoms with Crippen molar-refractivity contribution < 1.29 is 9.90 Å². The van der Waals surface area contributed by atoms with Gasteiger partial charge in [0, 0.05) is 17.5 Å². The Morgan fingerprint density at radius 2 is 2.29 bits per heavy atom. The smallest absolute Gasteiger partial charge is 0.307 e. The third kappa shape index (κ3) is 2.79. The Bertz CT molecular complexity index is 422. The third-order valence-electron chi connectivity index (χ3n) is 3.41. The lowest BCUT2D eigenvalue weighted by Gasteiger charge is -2.34. The van der Waals surface area contributed by atoms with Crippen molar-refractivity contribution in [3.63, 3.8) is 0 Å². The van der Waals surface area contributed by atoms with Gasteiger partial charge in [0.25, 0.3) is 0 Å². The van der Waals surface area contributed by atoms with Gasteiger partial charge in [0.15, 0.2) is 0 Å². The van der Waals surface area contributed by atoms with Crippen LogP contribution in [0.1, 0.15) is 17.9 Å². The molecule has 17 heavy (non-hydrogen) atoms. The average molecular weight is 254 g/mol. The summed E-state index contributed by atoms with van der Waals surface area (Å²) in [5.74, 6) is -0.974. The van der Waals surface area contributed by atoms with Gasteiger partial charge in [-0.3, -0.25) is 4.79 Å². The lowest BCUT2D eigenvalue weighted by Crippen LogP contribution is -2.39. The van der Waals surface area contributed by atoms with E-state index >= 15 is 0 Å². The fraction of sp³-hybridized carbons (Fsp3) is 0.462. The maximum absolute atomic E-state index is 11.3. The van der Waals surface area contributed by atoms with Gasteiger partial charge in [-0.2, -0.15) is 0 Å². The molecule has 3 nitrogen and oxygen atoms in total. The van der Waals surface area contributed by atoms with E-state index in [1.54, 1.807) is 0 Å². The summed E-state index contributed by atoms with van der Waals surface area (Å²) in [6, 6.07) is 7.53. The zero-order valence-electron chi connectivity index (χ0n) is 9.77. The van der Waals surface area contributed by atoms with E-state index in [4.69, 9.17) is 11.6 Å². The number of benzene rings is 1. The van der Waals surface area contributed by atoms with Crippen molar-refractivity contribution in [1.29, 1.82) is 0 Å². The van der Waals surface area contributed by atoms with E-state index in [1.165, 1.54) is 0 Å².